The molecule has 1 fully saturated rings. The molecule has 0 bridgehead atoms. The zero-order valence-corrected chi connectivity index (χ0v) is 11.9. The number of pyridine rings is 1. The summed E-state index contributed by atoms with van der Waals surface area (Å²) in [4.78, 5) is 26.7. The highest BCUT2D eigenvalue weighted by Crippen LogP contribution is 2.27. The first-order chi connectivity index (χ1) is 10.1. The number of aromatic nitrogens is 1. The van der Waals surface area contributed by atoms with Gasteiger partial charge in [0.15, 0.2) is 0 Å². The predicted molar refractivity (Wildman–Crippen MR) is 77.7 cm³/mol. The molecule has 0 saturated heterocycles. The number of carboxylic acids is 1. The second-order valence-corrected chi connectivity index (χ2v) is 5.61. The summed E-state index contributed by atoms with van der Waals surface area (Å²) in [5, 5.41) is 11.8. The summed E-state index contributed by atoms with van der Waals surface area (Å²) >= 11 is 0. The van der Waals surface area contributed by atoms with E-state index < -0.39 is 12.0 Å². The Hall–Kier alpha value is -1.95. The lowest BCUT2D eigenvalue weighted by Crippen LogP contribution is -2.39. The molecule has 0 aromatic carbocycles. The number of aliphatic carboxylic acids is 1. The smallest absolute Gasteiger partial charge is 0.320 e. The van der Waals surface area contributed by atoms with Gasteiger partial charge in [-0.2, -0.15) is 0 Å². The van der Waals surface area contributed by atoms with Crippen molar-refractivity contribution in [2.45, 2.75) is 44.2 Å². The molecule has 0 spiro atoms. The minimum Gasteiger partial charge on any atom is -0.480 e. The Labute approximate surface area is 123 Å². The van der Waals surface area contributed by atoms with E-state index in [1.807, 2.05) is 0 Å². The number of nitrogens with two attached hydrogens (primary N) is 1. The fourth-order valence-corrected chi connectivity index (χ4v) is 2.77. The summed E-state index contributed by atoms with van der Waals surface area (Å²) in [6.45, 7) is 0. The molecule has 1 aliphatic rings. The summed E-state index contributed by atoms with van der Waals surface area (Å²) in [5.74, 6) is -0.710. The summed E-state index contributed by atoms with van der Waals surface area (Å²) in [5.41, 5.74) is 6.13. The van der Waals surface area contributed by atoms with E-state index >= 15 is 0 Å². The lowest BCUT2D eigenvalue weighted by atomic mass is 9.82. The van der Waals surface area contributed by atoms with E-state index in [9.17, 15) is 9.59 Å². The molecule has 2 rings (SSSR count). The van der Waals surface area contributed by atoms with Crippen LogP contribution in [0.3, 0.4) is 0 Å². The maximum absolute atomic E-state index is 12.0. The molecule has 1 atom stereocenters. The van der Waals surface area contributed by atoms with E-state index in [1.54, 1.807) is 24.5 Å². The van der Waals surface area contributed by atoms with E-state index in [0.29, 0.717) is 17.9 Å². The molecule has 1 aliphatic carbocycles. The minimum absolute atomic E-state index is 0.103. The molecule has 0 radical (unpaired) electrons. The van der Waals surface area contributed by atoms with Gasteiger partial charge in [-0.05, 0) is 50.2 Å². The van der Waals surface area contributed by atoms with Gasteiger partial charge in [-0.25, -0.2) is 0 Å². The second-order valence-electron chi connectivity index (χ2n) is 5.61. The molecule has 114 valence electrons. The topological polar surface area (TPSA) is 105 Å². The molecular weight excluding hydrogens is 270 g/mol. The Morgan fingerprint density at radius 2 is 2.10 bits per heavy atom. The standard InChI is InChI=1S/C15H21N3O3/c16-13(15(20)21)8-10-3-5-12(6-4-10)18-14(19)11-2-1-7-17-9-11/h1-2,7,9-10,12-13H,3-6,8,16H2,(H,18,19)(H,20,21)/t10?,12?,13-/m0/s1. The fraction of sp³-hybridized carbons (Fsp3) is 0.533. The normalized spacial score (nSPS) is 23.3. The monoisotopic (exact) mass is 291 g/mol. The van der Waals surface area contributed by atoms with Gasteiger partial charge in [0.1, 0.15) is 6.04 Å². The summed E-state index contributed by atoms with van der Waals surface area (Å²) in [6, 6.07) is 2.84. The summed E-state index contributed by atoms with van der Waals surface area (Å²) in [7, 11) is 0. The maximum atomic E-state index is 12.0. The molecule has 1 saturated carbocycles. The lowest BCUT2D eigenvalue weighted by Gasteiger charge is -2.29. The molecule has 21 heavy (non-hydrogen) atoms. The predicted octanol–water partition coefficient (Wildman–Crippen LogP) is 1.17. The number of rotatable bonds is 5. The van der Waals surface area contributed by atoms with Crippen LogP contribution in [0.4, 0.5) is 0 Å². The van der Waals surface area contributed by atoms with Gasteiger partial charge in [-0.3, -0.25) is 14.6 Å². The van der Waals surface area contributed by atoms with Crippen LogP contribution in [-0.2, 0) is 4.79 Å². The van der Waals surface area contributed by atoms with Crippen molar-refractivity contribution in [2.75, 3.05) is 0 Å². The molecule has 4 N–H and O–H groups in total. The lowest BCUT2D eigenvalue weighted by molar-refractivity contribution is -0.139. The molecule has 1 aromatic heterocycles. The highest BCUT2D eigenvalue weighted by molar-refractivity contribution is 5.94. The van der Waals surface area contributed by atoms with Crippen molar-refractivity contribution >= 4 is 11.9 Å². The Morgan fingerprint density at radius 3 is 2.67 bits per heavy atom. The van der Waals surface area contributed by atoms with Gasteiger partial charge < -0.3 is 16.2 Å². The number of hydrogen-bond acceptors (Lipinski definition) is 4. The van der Waals surface area contributed by atoms with Crippen molar-refractivity contribution in [3.63, 3.8) is 0 Å². The van der Waals surface area contributed by atoms with E-state index in [2.05, 4.69) is 10.3 Å². The number of nitrogens with one attached hydrogen (secondary N) is 1. The first-order valence-corrected chi connectivity index (χ1v) is 7.25. The molecule has 6 heteroatoms. The quantitative estimate of drug-likeness (QED) is 0.755. The minimum atomic E-state index is -0.943. The van der Waals surface area contributed by atoms with Crippen molar-refractivity contribution in [1.82, 2.24) is 10.3 Å². The zero-order chi connectivity index (χ0) is 15.2. The van der Waals surface area contributed by atoms with Crippen LogP contribution in [0, 0.1) is 5.92 Å². The molecule has 6 nitrogen and oxygen atoms in total. The molecular formula is C15H21N3O3. The number of carboxylic acid groups (broad SMARTS) is 1. The van der Waals surface area contributed by atoms with Gasteiger partial charge >= 0.3 is 5.97 Å². The zero-order valence-electron chi connectivity index (χ0n) is 11.9. The molecule has 0 unspecified atom stereocenters. The Balaban J connectivity index is 1.77. The Bertz CT molecular complexity index is 484. The van der Waals surface area contributed by atoms with Crippen molar-refractivity contribution in [2.24, 2.45) is 11.7 Å². The second kappa shape index (κ2) is 7.17. The van der Waals surface area contributed by atoms with Crippen LogP contribution in [0.5, 0.6) is 0 Å². The van der Waals surface area contributed by atoms with Crippen LogP contribution in [0.2, 0.25) is 0 Å². The van der Waals surface area contributed by atoms with Gasteiger partial charge in [0.2, 0.25) is 0 Å². The van der Waals surface area contributed by atoms with Crippen LogP contribution in [0.1, 0.15) is 42.5 Å². The average molecular weight is 291 g/mol. The molecule has 1 aromatic rings. The van der Waals surface area contributed by atoms with Crippen molar-refractivity contribution in [3.05, 3.63) is 30.1 Å². The third-order valence-corrected chi connectivity index (χ3v) is 4.01. The highest BCUT2D eigenvalue weighted by atomic mass is 16.4. The van der Waals surface area contributed by atoms with Gasteiger partial charge in [0.05, 0.1) is 5.56 Å². The van der Waals surface area contributed by atoms with E-state index in [1.165, 1.54) is 0 Å². The number of hydrogen-bond donors (Lipinski definition) is 3. The van der Waals surface area contributed by atoms with Crippen molar-refractivity contribution in [1.29, 1.82) is 0 Å². The first-order valence-electron chi connectivity index (χ1n) is 7.25. The number of carbonyl (C=O) groups excluding carboxylic acids is 1. The Kier molecular flexibility index (Phi) is 5.27. The third kappa shape index (κ3) is 4.53. The average Bonchev–Trinajstić information content (AvgIpc) is 2.50. The maximum Gasteiger partial charge on any atom is 0.320 e. The molecule has 0 aliphatic heterocycles. The summed E-state index contributed by atoms with van der Waals surface area (Å²) in [6.07, 6.45) is 7.23. The van der Waals surface area contributed by atoms with Gasteiger partial charge in [0, 0.05) is 18.4 Å². The van der Waals surface area contributed by atoms with E-state index in [4.69, 9.17) is 10.8 Å². The Morgan fingerprint density at radius 1 is 1.38 bits per heavy atom. The SMILES string of the molecule is N[C@@H](CC1CCC(NC(=O)c2cccnc2)CC1)C(=O)O. The van der Waals surface area contributed by atoms with Crippen LogP contribution in [0.25, 0.3) is 0 Å². The van der Waals surface area contributed by atoms with Crippen molar-refractivity contribution in [3.8, 4) is 0 Å². The number of amides is 1. The van der Waals surface area contributed by atoms with Crippen LogP contribution in [0.15, 0.2) is 24.5 Å². The van der Waals surface area contributed by atoms with Gasteiger partial charge in [-0.15, -0.1) is 0 Å². The van der Waals surface area contributed by atoms with Gasteiger partial charge in [-0.1, -0.05) is 0 Å². The van der Waals surface area contributed by atoms with Crippen LogP contribution < -0.4 is 11.1 Å². The number of carbonyl (C=O) groups is 2. The number of nitrogens with zero attached hydrogens (tertiary/aromatic N) is 1. The molecule has 1 amide bonds. The largest absolute Gasteiger partial charge is 0.480 e. The van der Waals surface area contributed by atoms with E-state index in [0.717, 1.165) is 25.7 Å². The molecule has 1 heterocycles. The van der Waals surface area contributed by atoms with Gasteiger partial charge in [0.25, 0.3) is 5.91 Å². The van der Waals surface area contributed by atoms with E-state index in [-0.39, 0.29) is 11.9 Å². The fourth-order valence-electron chi connectivity index (χ4n) is 2.77. The summed E-state index contributed by atoms with van der Waals surface area (Å²) < 4.78 is 0. The van der Waals surface area contributed by atoms with Crippen LogP contribution >= 0.6 is 0 Å². The van der Waals surface area contributed by atoms with Crippen LogP contribution in [-0.4, -0.2) is 34.1 Å². The highest BCUT2D eigenvalue weighted by Gasteiger charge is 2.25. The van der Waals surface area contributed by atoms with Crippen molar-refractivity contribution < 1.29 is 14.7 Å². The first kappa shape index (κ1) is 15.4. The third-order valence-electron chi connectivity index (χ3n) is 4.01.